The summed E-state index contributed by atoms with van der Waals surface area (Å²) in [5.74, 6) is -2.54. The van der Waals surface area contributed by atoms with Crippen molar-refractivity contribution >= 4 is 17.8 Å². The zero-order valence-electron chi connectivity index (χ0n) is 9.80. The van der Waals surface area contributed by atoms with Crippen molar-refractivity contribution in [3.63, 3.8) is 0 Å². The Morgan fingerprint density at radius 1 is 1.29 bits per heavy atom. The van der Waals surface area contributed by atoms with Crippen LogP contribution in [0.25, 0.3) is 0 Å². The molecule has 0 unspecified atom stereocenters. The zero-order chi connectivity index (χ0) is 13.3. The minimum atomic E-state index is -1.25. The molecule has 17 heavy (non-hydrogen) atoms. The van der Waals surface area contributed by atoms with Crippen LogP contribution in [0.15, 0.2) is 12.2 Å². The third-order valence-corrected chi connectivity index (χ3v) is 1.59. The quantitative estimate of drug-likeness (QED) is 0.433. The van der Waals surface area contributed by atoms with Gasteiger partial charge in [0.2, 0.25) is 0 Å². The molecule has 0 radical (unpaired) electrons. The number of aliphatic carboxylic acids is 1. The van der Waals surface area contributed by atoms with E-state index in [1.165, 1.54) is 0 Å². The normalized spacial score (nSPS) is 10.5. The average Bonchev–Trinajstić information content (AvgIpc) is 2.23. The van der Waals surface area contributed by atoms with Gasteiger partial charge in [-0.15, -0.1) is 0 Å². The zero-order valence-corrected chi connectivity index (χ0v) is 9.80. The summed E-state index contributed by atoms with van der Waals surface area (Å²) >= 11 is 0. The van der Waals surface area contributed by atoms with E-state index in [-0.39, 0.29) is 0 Å². The second kappa shape index (κ2) is 8.28. The minimum absolute atomic E-state index is 0.420. The molecule has 1 amide bonds. The SMILES string of the molecule is CN(C)CCNC(=O)COC(=O)/C=C/C(=O)O. The van der Waals surface area contributed by atoms with Crippen LogP contribution in [0, 0.1) is 0 Å². The van der Waals surface area contributed by atoms with Crippen molar-refractivity contribution in [3.05, 3.63) is 12.2 Å². The highest BCUT2D eigenvalue weighted by Crippen LogP contribution is 1.82. The smallest absolute Gasteiger partial charge is 0.331 e. The van der Waals surface area contributed by atoms with Crippen LogP contribution >= 0.6 is 0 Å². The number of carboxylic acids is 1. The number of esters is 1. The van der Waals surface area contributed by atoms with Gasteiger partial charge in [-0.1, -0.05) is 0 Å². The van der Waals surface area contributed by atoms with E-state index in [0.717, 1.165) is 6.08 Å². The van der Waals surface area contributed by atoms with Gasteiger partial charge in [0.1, 0.15) is 0 Å². The van der Waals surface area contributed by atoms with Gasteiger partial charge in [-0.3, -0.25) is 4.79 Å². The maximum atomic E-state index is 11.1. The third-order valence-electron chi connectivity index (χ3n) is 1.59. The summed E-state index contributed by atoms with van der Waals surface area (Å²) in [4.78, 5) is 34.0. The second-order valence-corrected chi connectivity index (χ2v) is 3.43. The molecule has 0 aromatic rings. The Morgan fingerprint density at radius 2 is 1.94 bits per heavy atom. The highest BCUT2D eigenvalue weighted by molar-refractivity contribution is 5.91. The summed E-state index contributed by atoms with van der Waals surface area (Å²) in [5, 5.41) is 10.8. The van der Waals surface area contributed by atoms with Gasteiger partial charge in [-0.05, 0) is 14.1 Å². The average molecular weight is 244 g/mol. The summed E-state index contributed by atoms with van der Waals surface area (Å²) in [5.41, 5.74) is 0. The number of carbonyl (C=O) groups excluding carboxylic acids is 2. The summed E-state index contributed by atoms with van der Waals surface area (Å²) < 4.78 is 4.50. The lowest BCUT2D eigenvalue weighted by Gasteiger charge is -2.10. The van der Waals surface area contributed by atoms with Crippen LogP contribution in [0.1, 0.15) is 0 Å². The molecule has 0 fully saturated rings. The molecule has 0 saturated heterocycles. The lowest BCUT2D eigenvalue weighted by Crippen LogP contribution is -2.34. The highest BCUT2D eigenvalue weighted by Gasteiger charge is 2.04. The van der Waals surface area contributed by atoms with E-state index < -0.39 is 24.5 Å². The van der Waals surface area contributed by atoms with Gasteiger partial charge in [0.15, 0.2) is 6.61 Å². The number of rotatable bonds is 7. The molecule has 0 aliphatic carbocycles. The first-order valence-corrected chi connectivity index (χ1v) is 4.91. The highest BCUT2D eigenvalue weighted by atomic mass is 16.5. The van der Waals surface area contributed by atoms with Crippen molar-refractivity contribution in [2.45, 2.75) is 0 Å². The first-order chi connectivity index (χ1) is 7.91. The number of carbonyl (C=O) groups is 3. The van der Waals surface area contributed by atoms with E-state index in [1.807, 2.05) is 19.0 Å². The molecule has 0 heterocycles. The molecule has 7 nitrogen and oxygen atoms in total. The number of amides is 1. The maximum absolute atomic E-state index is 11.1. The van der Waals surface area contributed by atoms with Gasteiger partial charge >= 0.3 is 11.9 Å². The van der Waals surface area contributed by atoms with E-state index in [9.17, 15) is 14.4 Å². The topological polar surface area (TPSA) is 95.9 Å². The molecule has 0 aromatic carbocycles. The predicted octanol–water partition coefficient (Wildman–Crippen LogP) is -1.15. The molecule has 7 heteroatoms. The van der Waals surface area contributed by atoms with Crippen LogP contribution in [-0.4, -0.2) is 61.6 Å². The van der Waals surface area contributed by atoms with Crippen molar-refractivity contribution in [2.75, 3.05) is 33.8 Å². The van der Waals surface area contributed by atoms with Gasteiger partial charge in [0, 0.05) is 25.2 Å². The van der Waals surface area contributed by atoms with E-state index in [0.29, 0.717) is 19.2 Å². The lowest BCUT2D eigenvalue weighted by atomic mass is 10.5. The summed E-state index contributed by atoms with van der Waals surface area (Å²) in [7, 11) is 3.73. The largest absolute Gasteiger partial charge is 0.478 e. The fraction of sp³-hybridized carbons (Fsp3) is 0.500. The van der Waals surface area contributed by atoms with Crippen molar-refractivity contribution < 1.29 is 24.2 Å². The van der Waals surface area contributed by atoms with E-state index in [2.05, 4.69) is 10.1 Å². The Hall–Kier alpha value is -1.89. The van der Waals surface area contributed by atoms with Crippen molar-refractivity contribution in [3.8, 4) is 0 Å². The van der Waals surface area contributed by atoms with Crippen LogP contribution in [0.5, 0.6) is 0 Å². The van der Waals surface area contributed by atoms with Crippen LogP contribution < -0.4 is 5.32 Å². The number of nitrogens with one attached hydrogen (secondary N) is 1. The van der Waals surface area contributed by atoms with Crippen LogP contribution in [0.4, 0.5) is 0 Å². The monoisotopic (exact) mass is 244 g/mol. The number of ether oxygens (including phenoxy) is 1. The first-order valence-electron chi connectivity index (χ1n) is 4.91. The van der Waals surface area contributed by atoms with E-state index in [4.69, 9.17) is 5.11 Å². The van der Waals surface area contributed by atoms with E-state index in [1.54, 1.807) is 0 Å². The molecule has 0 bridgehead atoms. The standard InChI is InChI=1S/C10H16N2O5/c1-12(2)6-5-11-8(13)7-17-10(16)4-3-9(14)15/h3-4H,5-7H2,1-2H3,(H,11,13)(H,14,15)/b4-3+. The fourth-order valence-corrected chi connectivity index (χ4v) is 0.794. The van der Waals surface area contributed by atoms with Crippen molar-refractivity contribution in [1.29, 1.82) is 0 Å². The maximum Gasteiger partial charge on any atom is 0.331 e. The summed E-state index contributed by atoms with van der Waals surface area (Å²) in [6.45, 7) is 0.711. The molecular weight excluding hydrogens is 228 g/mol. The second-order valence-electron chi connectivity index (χ2n) is 3.43. The van der Waals surface area contributed by atoms with Crippen molar-refractivity contribution in [1.82, 2.24) is 10.2 Å². The number of likely N-dealkylation sites (N-methyl/N-ethyl adjacent to an activating group) is 1. The predicted molar refractivity (Wildman–Crippen MR) is 59.3 cm³/mol. The van der Waals surface area contributed by atoms with Crippen LogP contribution in [0.3, 0.4) is 0 Å². The third kappa shape index (κ3) is 10.4. The van der Waals surface area contributed by atoms with Gasteiger partial charge in [0.05, 0.1) is 0 Å². The van der Waals surface area contributed by atoms with Crippen molar-refractivity contribution in [2.24, 2.45) is 0 Å². The lowest BCUT2D eigenvalue weighted by molar-refractivity contribution is -0.144. The number of carboxylic acid groups (broad SMARTS) is 1. The fourth-order valence-electron chi connectivity index (χ4n) is 0.794. The van der Waals surface area contributed by atoms with Gasteiger partial charge in [0.25, 0.3) is 5.91 Å². The Morgan fingerprint density at radius 3 is 2.47 bits per heavy atom. The van der Waals surface area contributed by atoms with Crippen LogP contribution in [-0.2, 0) is 19.1 Å². The first kappa shape index (κ1) is 15.1. The molecule has 96 valence electrons. The number of hydrogen-bond donors (Lipinski definition) is 2. The molecule has 0 aliphatic heterocycles. The number of hydrogen-bond acceptors (Lipinski definition) is 5. The molecule has 0 rings (SSSR count). The van der Waals surface area contributed by atoms with Gasteiger partial charge in [-0.25, -0.2) is 9.59 Å². The molecule has 0 saturated carbocycles. The molecule has 0 aliphatic rings. The molecule has 0 atom stereocenters. The Bertz CT molecular complexity index is 312. The Balaban J connectivity index is 3.70. The Kier molecular flexibility index (Phi) is 7.36. The summed E-state index contributed by atoms with van der Waals surface area (Å²) in [6.07, 6.45) is 1.39. The Labute approximate surface area is 99.0 Å². The minimum Gasteiger partial charge on any atom is -0.478 e. The van der Waals surface area contributed by atoms with Gasteiger partial charge < -0.3 is 20.1 Å². The van der Waals surface area contributed by atoms with E-state index >= 15 is 0 Å². The summed E-state index contributed by atoms with van der Waals surface area (Å²) in [6, 6.07) is 0. The van der Waals surface area contributed by atoms with Crippen LogP contribution in [0.2, 0.25) is 0 Å². The number of nitrogens with zero attached hydrogens (tertiary/aromatic N) is 1. The molecule has 0 spiro atoms. The molecule has 0 aromatic heterocycles. The van der Waals surface area contributed by atoms with Gasteiger partial charge in [-0.2, -0.15) is 0 Å². The molecule has 2 N–H and O–H groups in total. The molecular formula is C10H16N2O5.